The number of rotatable bonds is 4. The van der Waals surface area contributed by atoms with E-state index in [-0.39, 0.29) is 30.2 Å². The molecule has 2 aliphatic rings. The molecule has 2 aliphatic heterocycles. The average molecular weight is 652 g/mol. The lowest BCUT2D eigenvalue weighted by molar-refractivity contribution is -0.128. The quantitative estimate of drug-likeness (QED) is 0.171. The third kappa shape index (κ3) is 8.65. The highest BCUT2D eigenvalue weighted by atomic mass is 35.5. The Hall–Kier alpha value is -4.40. The second-order valence-electron chi connectivity index (χ2n) is 10.3. The van der Waals surface area contributed by atoms with Crippen LogP contribution in [0.15, 0.2) is 54.9 Å². The second kappa shape index (κ2) is 17.3. The van der Waals surface area contributed by atoms with Crippen LogP contribution in [0.1, 0.15) is 33.6 Å². The number of nitrogens with zero attached hydrogens (tertiary/aromatic N) is 7. The first-order valence-electron chi connectivity index (χ1n) is 15.2. The van der Waals surface area contributed by atoms with Gasteiger partial charge in [-0.05, 0) is 56.1 Å². The Morgan fingerprint density at radius 2 is 1.61 bits per heavy atom. The predicted molar refractivity (Wildman–Crippen MR) is 180 cm³/mol. The van der Waals surface area contributed by atoms with E-state index in [1.54, 1.807) is 24.3 Å². The van der Waals surface area contributed by atoms with E-state index in [0.717, 1.165) is 5.39 Å². The zero-order chi connectivity index (χ0) is 33.8. The highest BCUT2D eigenvalue weighted by molar-refractivity contribution is 6.36. The Morgan fingerprint density at radius 1 is 1.00 bits per heavy atom. The van der Waals surface area contributed by atoms with Crippen LogP contribution in [0, 0.1) is 17.3 Å². The van der Waals surface area contributed by atoms with Crippen LogP contribution in [0.3, 0.4) is 0 Å². The zero-order valence-corrected chi connectivity index (χ0v) is 27.7. The molecule has 12 heteroatoms. The fourth-order valence-corrected chi connectivity index (χ4v) is 5.47. The van der Waals surface area contributed by atoms with Gasteiger partial charge in [-0.15, -0.1) is 0 Å². The van der Waals surface area contributed by atoms with Crippen molar-refractivity contribution < 1.29 is 18.3 Å². The Labute approximate surface area is 274 Å². The number of hydrogen-bond acceptors (Lipinski definition) is 8. The molecule has 46 heavy (non-hydrogen) atoms. The summed E-state index contributed by atoms with van der Waals surface area (Å²) in [6.45, 7) is 12.3. The summed E-state index contributed by atoms with van der Waals surface area (Å²) in [6.07, 6.45) is 2.83. The van der Waals surface area contributed by atoms with E-state index in [2.05, 4.69) is 33.5 Å². The minimum Gasteiger partial charge on any atom is -0.467 e. The molecule has 2 aromatic heterocycles. The number of ether oxygens (including phenoxy) is 1. The molecule has 0 radical (unpaired) electrons. The molecular formula is C34H40ClF2N7O2. The van der Waals surface area contributed by atoms with Crippen LogP contribution in [-0.2, 0) is 4.79 Å². The number of fused-ring (bicyclic) bond motifs is 2. The molecule has 0 bridgehead atoms. The number of nitriles is 1. The molecule has 4 aromatic rings. The van der Waals surface area contributed by atoms with Crippen LogP contribution in [0.2, 0.25) is 5.02 Å². The van der Waals surface area contributed by atoms with Crippen molar-refractivity contribution in [3.63, 3.8) is 0 Å². The average Bonchev–Trinajstić information content (AvgIpc) is 3.56. The van der Waals surface area contributed by atoms with Crippen LogP contribution in [0.4, 0.5) is 14.6 Å². The van der Waals surface area contributed by atoms with Crippen molar-refractivity contribution in [3.8, 4) is 23.2 Å². The lowest BCUT2D eigenvalue weighted by Crippen LogP contribution is -2.49. The fourth-order valence-electron chi connectivity index (χ4n) is 5.19. The van der Waals surface area contributed by atoms with Crippen molar-refractivity contribution in [2.45, 2.75) is 33.6 Å². The number of likely N-dealkylation sites (tertiary alicyclic amines) is 1. The first-order chi connectivity index (χ1) is 22.2. The van der Waals surface area contributed by atoms with E-state index in [9.17, 15) is 9.18 Å². The number of pyridine rings is 1. The summed E-state index contributed by atoms with van der Waals surface area (Å²) in [6, 6.07) is 14.5. The van der Waals surface area contributed by atoms with E-state index in [1.165, 1.54) is 44.9 Å². The molecular weight excluding hydrogens is 612 g/mol. The van der Waals surface area contributed by atoms with E-state index in [4.69, 9.17) is 21.6 Å². The van der Waals surface area contributed by atoms with Crippen LogP contribution < -0.4 is 9.64 Å². The maximum Gasteiger partial charge on any atom is 0.318 e. The molecule has 0 atom stereocenters. The topological polar surface area (TPSA) is 98.5 Å². The molecule has 9 nitrogen and oxygen atoms in total. The van der Waals surface area contributed by atoms with Gasteiger partial charge in [0.1, 0.15) is 5.52 Å². The maximum atomic E-state index is 15.5. The summed E-state index contributed by atoms with van der Waals surface area (Å²) in [5.41, 5.74) is 1.49. The van der Waals surface area contributed by atoms with Gasteiger partial charge in [-0.1, -0.05) is 62.4 Å². The molecule has 0 N–H and O–H groups in total. The summed E-state index contributed by atoms with van der Waals surface area (Å²) < 4.78 is 34.0. The molecule has 0 spiro atoms. The van der Waals surface area contributed by atoms with Gasteiger partial charge >= 0.3 is 6.01 Å². The van der Waals surface area contributed by atoms with Crippen molar-refractivity contribution in [3.05, 3.63) is 65.8 Å². The van der Waals surface area contributed by atoms with E-state index in [1.807, 2.05) is 43.0 Å². The number of methoxy groups -OCH3 is 1. The van der Waals surface area contributed by atoms with Gasteiger partial charge in [0.15, 0.2) is 11.6 Å². The molecule has 2 fully saturated rings. The van der Waals surface area contributed by atoms with Crippen molar-refractivity contribution in [2.24, 2.45) is 0 Å². The summed E-state index contributed by atoms with van der Waals surface area (Å²) >= 11 is 6.46. The Bertz CT molecular complexity index is 1690. The van der Waals surface area contributed by atoms with Gasteiger partial charge in [-0.3, -0.25) is 4.79 Å². The molecule has 0 aliphatic carbocycles. The molecule has 0 saturated carbocycles. The maximum absolute atomic E-state index is 15.5. The molecule has 244 valence electrons. The number of carbonyl (C=O) groups excluding carboxylic acids is 1. The highest BCUT2D eigenvalue weighted by Gasteiger charge is 2.27. The van der Waals surface area contributed by atoms with Gasteiger partial charge in [0.05, 0.1) is 18.7 Å². The second-order valence-corrected chi connectivity index (χ2v) is 10.7. The van der Waals surface area contributed by atoms with Gasteiger partial charge in [0.2, 0.25) is 5.95 Å². The first-order valence-corrected chi connectivity index (χ1v) is 15.5. The minimum absolute atomic E-state index is 0.0958. The third-order valence-electron chi connectivity index (χ3n) is 7.34. The number of aromatic nitrogens is 3. The minimum atomic E-state index is -1.00. The Kier molecular flexibility index (Phi) is 13.6. The summed E-state index contributed by atoms with van der Waals surface area (Å²) in [5.74, 6) is -2.06. The molecule has 1 amide bonds. The number of halogens is 3. The Balaban J connectivity index is 0.000000452. The molecule has 2 saturated heterocycles. The SMILES string of the molecule is C=C(F)C(=O)N1CCN(c2nc(OC)nc3cc(-c4cccc5cccc(Cl)c45)c(F)nc23)CC1.CC.CC#N.CN1CCCC1. The van der Waals surface area contributed by atoms with Crippen LogP contribution in [0.25, 0.3) is 32.9 Å². The van der Waals surface area contributed by atoms with Gasteiger partial charge < -0.3 is 19.4 Å². The third-order valence-corrected chi connectivity index (χ3v) is 7.66. The van der Waals surface area contributed by atoms with Gasteiger partial charge in [-0.2, -0.15) is 19.6 Å². The van der Waals surface area contributed by atoms with Crippen molar-refractivity contribution in [2.75, 3.05) is 58.3 Å². The fraction of sp³-hybridized carbons (Fsp3) is 0.382. The lowest BCUT2D eigenvalue weighted by atomic mass is 9.99. The predicted octanol–water partition coefficient (Wildman–Crippen LogP) is 7.05. The number of amides is 1. The molecule has 6 rings (SSSR count). The number of piperazine rings is 1. The van der Waals surface area contributed by atoms with Crippen LogP contribution in [0.5, 0.6) is 6.01 Å². The Morgan fingerprint density at radius 3 is 2.15 bits per heavy atom. The van der Waals surface area contributed by atoms with Gasteiger partial charge in [0.25, 0.3) is 5.91 Å². The number of carbonyl (C=O) groups is 1. The van der Waals surface area contributed by atoms with Crippen molar-refractivity contribution in [1.82, 2.24) is 24.8 Å². The molecule has 4 heterocycles. The summed E-state index contributed by atoms with van der Waals surface area (Å²) in [5, 5.41) is 9.41. The smallest absolute Gasteiger partial charge is 0.318 e. The molecule has 0 unspecified atom stereocenters. The highest BCUT2D eigenvalue weighted by Crippen LogP contribution is 2.37. The van der Waals surface area contributed by atoms with Crippen LogP contribution >= 0.6 is 11.6 Å². The monoisotopic (exact) mass is 651 g/mol. The number of anilines is 1. The first kappa shape index (κ1) is 36.1. The zero-order valence-electron chi connectivity index (χ0n) is 27.0. The number of benzene rings is 2. The van der Waals surface area contributed by atoms with E-state index < -0.39 is 17.7 Å². The van der Waals surface area contributed by atoms with Gasteiger partial charge in [0, 0.05) is 49.1 Å². The standard InChI is InChI=1S/C25H20ClF2N5O2.C5H11N.C2H3N.C2H6/c1-14(27)24(34)33-11-9-32(10-12-33)23-21-19(29-25(31-23)35-2)13-17(22(28)30-21)16-7-3-5-15-6-4-8-18(26)20(15)16;1-6-4-2-3-5-6;1-2-3;1-2/h3-8,13H,1,9-12H2,2H3;2-5H2,1H3;1H3;1-2H3. The van der Waals surface area contributed by atoms with Crippen LogP contribution in [-0.4, -0.2) is 84.1 Å². The number of hydrogen-bond donors (Lipinski definition) is 0. The summed E-state index contributed by atoms with van der Waals surface area (Å²) in [7, 11) is 3.61. The van der Waals surface area contributed by atoms with E-state index >= 15 is 4.39 Å². The largest absolute Gasteiger partial charge is 0.467 e. The van der Waals surface area contributed by atoms with E-state index in [0.29, 0.717) is 40.4 Å². The normalized spacial score (nSPS) is 14.2. The van der Waals surface area contributed by atoms with Gasteiger partial charge in [-0.25, -0.2) is 9.37 Å². The lowest BCUT2D eigenvalue weighted by Gasteiger charge is -2.35. The van der Waals surface area contributed by atoms with Crippen molar-refractivity contribution in [1.29, 1.82) is 5.26 Å². The van der Waals surface area contributed by atoms with Crippen molar-refractivity contribution >= 4 is 45.1 Å². The molecule has 2 aromatic carbocycles. The summed E-state index contributed by atoms with van der Waals surface area (Å²) in [4.78, 5) is 30.5.